The van der Waals surface area contributed by atoms with Gasteiger partial charge in [-0.05, 0) is 55.7 Å². The molecule has 4 amide bonds. The third-order valence-electron chi connectivity index (χ3n) is 7.17. The highest BCUT2D eigenvalue weighted by Gasteiger charge is 2.52. The third-order valence-corrected chi connectivity index (χ3v) is 8.11. The Morgan fingerprint density at radius 1 is 1.22 bits per heavy atom. The van der Waals surface area contributed by atoms with E-state index in [2.05, 4.69) is 28.5 Å². The second-order valence-corrected chi connectivity index (χ2v) is 10.6. The Labute approximate surface area is 194 Å². The number of carbonyl (C=O) groups is 3. The number of carbonyl (C=O) groups excluding carboxylic acids is 3. The summed E-state index contributed by atoms with van der Waals surface area (Å²) in [5, 5.41) is 5.83. The minimum absolute atomic E-state index is 0.249. The first kappa shape index (κ1) is 23.1. The minimum atomic E-state index is -0.814. The summed E-state index contributed by atoms with van der Waals surface area (Å²) >= 11 is 1.98. The Kier molecular flexibility index (Phi) is 7.10. The summed E-state index contributed by atoms with van der Waals surface area (Å²) < 4.78 is 0. The van der Waals surface area contributed by atoms with Gasteiger partial charge in [-0.1, -0.05) is 25.5 Å². The fraction of sp³-hybridized carbons (Fsp3) is 0.625. The van der Waals surface area contributed by atoms with Gasteiger partial charge in [0.1, 0.15) is 12.1 Å². The zero-order chi connectivity index (χ0) is 22.7. The fourth-order valence-electron chi connectivity index (χ4n) is 4.99. The molecule has 1 aliphatic carbocycles. The average molecular weight is 459 g/mol. The molecule has 3 fully saturated rings. The lowest BCUT2D eigenvalue weighted by Gasteiger charge is -2.34. The van der Waals surface area contributed by atoms with Crippen LogP contribution in [0.5, 0.6) is 0 Å². The molecule has 32 heavy (non-hydrogen) atoms. The number of benzene rings is 1. The van der Waals surface area contributed by atoms with E-state index < -0.39 is 11.6 Å². The van der Waals surface area contributed by atoms with Crippen LogP contribution in [-0.4, -0.2) is 64.3 Å². The second-order valence-electron chi connectivity index (χ2n) is 9.34. The topological polar surface area (TPSA) is 81.8 Å². The quantitative estimate of drug-likeness (QED) is 0.639. The van der Waals surface area contributed by atoms with Crippen LogP contribution in [0, 0.1) is 12.8 Å². The van der Waals surface area contributed by atoms with Gasteiger partial charge in [0.15, 0.2) is 0 Å². The molecule has 0 atom stereocenters. The lowest BCUT2D eigenvalue weighted by Crippen LogP contribution is -2.49. The third kappa shape index (κ3) is 4.96. The van der Waals surface area contributed by atoms with E-state index in [1.54, 1.807) is 0 Å². The van der Waals surface area contributed by atoms with Gasteiger partial charge in [0.2, 0.25) is 5.91 Å². The van der Waals surface area contributed by atoms with Gasteiger partial charge in [-0.15, -0.1) is 0 Å². The summed E-state index contributed by atoms with van der Waals surface area (Å²) in [6, 6.07) is 5.67. The molecule has 2 N–H and O–H groups in total. The molecule has 8 heteroatoms. The summed E-state index contributed by atoms with van der Waals surface area (Å²) in [7, 11) is 0. The number of nitrogens with one attached hydrogen (secondary N) is 2. The number of nitrogens with zero attached hydrogens (tertiary/aromatic N) is 2. The van der Waals surface area contributed by atoms with E-state index in [-0.39, 0.29) is 18.4 Å². The van der Waals surface area contributed by atoms with Crippen molar-refractivity contribution in [1.29, 1.82) is 0 Å². The molecule has 7 nitrogen and oxygen atoms in total. The molecular formula is C24H34N4O3S. The SMILES string of the molecule is CCC1CCC2(CC1)NC(=O)N(CC(=O)Nc1cc(CN3CCSCC3)ccc1C)C2=O. The molecular weight excluding hydrogens is 424 g/mol. The molecule has 0 unspecified atom stereocenters. The summed E-state index contributed by atoms with van der Waals surface area (Å²) in [6.45, 7) is 6.87. The monoisotopic (exact) mass is 458 g/mol. The van der Waals surface area contributed by atoms with Crippen LogP contribution in [0.2, 0.25) is 0 Å². The van der Waals surface area contributed by atoms with Gasteiger partial charge in [-0.2, -0.15) is 11.8 Å². The molecule has 1 aromatic rings. The number of rotatable bonds is 6. The average Bonchev–Trinajstić information content (AvgIpc) is 3.01. The van der Waals surface area contributed by atoms with Gasteiger partial charge in [-0.25, -0.2) is 4.79 Å². The highest BCUT2D eigenvalue weighted by Crippen LogP contribution is 2.37. The van der Waals surface area contributed by atoms with Crippen molar-refractivity contribution >= 4 is 35.3 Å². The van der Waals surface area contributed by atoms with Gasteiger partial charge in [0.05, 0.1) is 0 Å². The van der Waals surface area contributed by atoms with Crippen LogP contribution in [0.4, 0.5) is 10.5 Å². The van der Waals surface area contributed by atoms with Crippen molar-refractivity contribution in [3.63, 3.8) is 0 Å². The van der Waals surface area contributed by atoms with Crippen LogP contribution < -0.4 is 10.6 Å². The van der Waals surface area contributed by atoms with Gasteiger partial charge in [0.25, 0.3) is 5.91 Å². The number of anilines is 1. The highest BCUT2D eigenvalue weighted by molar-refractivity contribution is 7.99. The van der Waals surface area contributed by atoms with E-state index in [1.165, 1.54) is 0 Å². The zero-order valence-electron chi connectivity index (χ0n) is 19.1. The van der Waals surface area contributed by atoms with Crippen LogP contribution in [0.25, 0.3) is 0 Å². The van der Waals surface area contributed by atoms with Gasteiger partial charge in [-0.3, -0.25) is 19.4 Å². The summed E-state index contributed by atoms with van der Waals surface area (Å²) in [5.74, 6) is 2.33. The molecule has 0 bridgehead atoms. The standard InChI is InChI=1S/C24H34N4O3S/c1-3-18-6-8-24(9-7-18)22(30)28(23(31)26-24)16-21(29)25-20-14-19(5-4-17(20)2)15-27-10-12-32-13-11-27/h4-5,14,18H,3,6-13,15-16H2,1-2H3,(H,25,29)(H,26,31). The van der Waals surface area contributed by atoms with E-state index in [0.29, 0.717) is 18.8 Å². The van der Waals surface area contributed by atoms with Crippen LogP contribution in [-0.2, 0) is 16.1 Å². The number of amides is 4. The molecule has 0 radical (unpaired) electrons. The predicted molar refractivity (Wildman–Crippen MR) is 128 cm³/mol. The van der Waals surface area contributed by atoms with Crippen LogP contribution >= 0.6 is 11.8 Å². The normalized spacial score (nSPS) is 26.4. The predicted octanol–water partition coefficient (Wildman–Crippen LogP) is 3.37. The van der Waals surface area contributed by atoms with E-state index in [0.717, 1.165) is 72.1 Å². The van der Waals surface area contributed by atoms with Crippen molar-refractivity contribution in [1.82, 2.24) is 15.1 Å². The van der Waals surface area contributed by atoms with Gasteiger partial charge >= 0.3 is 6.03 Å². The van der Waals surface area contributed by atoms with E-state index in [1.807, 2.05) is 30.8 Å². The smallest absolute Gasteiger partial charge is 0.324 e. The Morgan fingerprint density at radius 2 is 1.94 bits per heavy atom. The van der Waals surface area contributed by atoms with Crippen LogP contribution in [0.1, 0.15) is 50.2 Å². The maximum Gasteiger partial charge on any atom is 0.325 e. The van der Waals surface area contributed by atoms with Crippen LogP contribution in [0.3, 0.4) is 0 Å². The summed E-state index contributed by atoms with van der Waals surface area (Å²) in [4.78, 5) is 41.9. The van der Waals surface area contributed by atoms with Crippen molar-refractivity contribution in [2.24, 2.45) is 5.92 Å². The van der Waals surface area contributed by atoms with E-state index in [4.69, 9.17) is 0 Å². The Morgan fingerprint density at radius 3 is 2.62 bits per heavy atom. The summed E-state index contributed by atoms with van der Waals surface area (Å²) in [6.07, 6.45) is 4.28. The first-order valence-electron chi connectivity index (χ1n) is 11.7. The highest BCUT2D eigenvalue weighted by atomic mass is 32.2. The number of aryl methyl sites for hydroxylation is 1. The van der Waals surface area contributed by atoms with Gasteiger partial charge in [0, 0.05) is 36.8 Å². The number of imide groups is 1. The van der Waals surface area contributed by atoms with E-state index in [9.17, 15) is 14.4 Å². The van der Waals surface area contributed by atoms with Crippen molar-refractivity contribution in [2.45, 2.75) is 58.0 Å². The zero-order valence-corrected chi connectivity index (χ0v) is 19.9. The van der Waals surface area contributed by atoms with Crippen molar-refractivity contribution in [2.75, 3.05) is 36.5 Å². The molecule has 4 rings (SSSR count). The molecule has 3 aliphatic rings. The molecule has 1 saturated carbocycles. The Balaban J connectivity index is 1.37. The number of thioether (sulfide) groups is 1. The number of hydrogen-bond donors (Lipinski definition) is 2. The molecule has 174 valence electrons. The number of urea groups is 1. The maximum atomic E-state index is 13.1. The summed E-state index contributed by atoms with van der Waals surface area (Å²) in [5.41, 5.74) is 2.04. The van der Waals surface area contributed by atoms with Crippen molar-refractivity contribution < 1.29 is 14.4 Å². The largest absolute Gasteiger partial charge is 0.325 e. The second kappa shape index (κ2) is 9.83. The molecule has 0 aromatic heterocycles. The van der Waals surface area contributed by atoms with Crippen molar-refractivity contribution in [3.8, 4) is 0 Å². The van der Waals surface area contributed by atoms with Gasteiger partial charge < -0.3 is 10.6 Å². The molecule has 2 saturated heterocycles. The Bertz CT molecular complexity index is 876. The first-order valence-corrected chi connectivity index (χ1v) is 12.9. The molecule has 1 spiro atoms. The first-order chi connectivity index (χ1) is 15.4. The molecule has 2 heterocycles. The Hall–Kier alpha value is -2.06. The van der Waals surface area contributed by atoms with Crippen molar-refractivity contribution in [3.05, 3.63) is 29.3 Å². The molecule has 1 aromatic carbocycles. The number of hydrogen-bond acceptors (Lipinski definition) is 5. The van der Waals surface area contributed by atoms with E-state index >= 15 is 0 Å². The lowest BCUT2D eigenvalue weighted by molar-refractivity contribution is -0.135. The fourth-order valence-corrected chi connectivity index (χ4v) is 5.97. The maximum absolute atomic E-state index is 13.1. The minimum Gasteiger partial charge on any atom is -0.324 e. The molecule has 2 aliphatic heterocycles. The van der Waals surface area contributed by atoms with Crippen LogP contribution in [0.15, 0.2) is 18.2 Å². The lowest BCUT2D eigenvalue weighted by atomic mass is 9.75.